The Morgan fingerprint density at radius 1 is 1.46 bits per heavy atom. The summed E-state index contributed by atoms with van der Waals surface area (Å²) in [5.74, 6) is -1.25. The maximum absolute atomic E-state index is 14.0. The second kappa shape index (κ2) is 6.86. The van der Waals surface area contributed by atoms with Gasteiger partial charge in [-0.1, -0.05) is 0 Å². The Morgan fingerprint density at radius 3 is 2.92 bits per heavy atom. The molecule has 0 saturated carbocycles. The summed E-state index contributed by atoms with van der Waals surface area (Å²) >= 11 is 3.30. The molecule has 0 bridgehead atoms. The second-order valence-electron chi connectivity index (χ2n) is 5.50. The maximum Gasteiger partial charge on any atom is 0.404 e. The molecule has 2 N–H and O–H groups in total. The van der Waals surface area contributed by atoms with Crippen LogP contribution in [0.4, 0.5) is 13.6 Å². The van der Waals surface area contributed by atoms with E-state index in [1.807, 2.05) is 0 Å². The van der Waals surface area contributed by atoms with E-state index >= 15 is 0 Å². The fourth-order valence-electron chi connectivity index (χ4n) is 2.85. The monoisotopic (exact) mass is 401 g/mol. The summed E-state index contributed by atoms with van der Waals surface area (Å²) < 4.78 is 35.6. The first-order valence-corrected chi connectivity index (χ1v) is 7.99. The lowest BCUT2D eigenvalue weighted by Crippen LogP contribution is -2.45. The normalized spacial score (nSPS) is 23.9. The Labute approximate surface area is 144 Å². The summed E-state index contributed by atoms with van der Waals surface area (Å²) in [4.78, 5) is 11.1. The number of rotatable bonds is 3. The first-order valence-electron chi connectivity index (χ1n) is 7.19. The number of benzene rings is 1. The molecule has 1 aliphatic rings. The van der Waals surface area contributed by atoms with Gasteiger partial charge in [-0.05, 0) is 40.5 Å². The minimum Gasteiger partial charge on any atom is -0.465 e. The molecule has 1 aromatic carbocycles. The zero-order valence-electron chi connectivity index (χ0n) is 12.3. The Bertz CT molecular complexity index is 755. The third-order valence-corrected chi connectivity index (χ3v) is 4.29. The van der Waals surface area contributed by atoms with E-state index in [1.165, 1.54) is 0 Å². The van der Waals surface area contributed by atoms with Crippen LogP contribution in [0.25, 0.3) is 0 Å². The minimum atomic E-state index is -1.26. The van der Waals surface area contributed by atoms with E-state index in [4.69, 9.17) is 9.84 Å². The number of nitrogens with one attached hydrogen (secondary N) is 1. The molecule has 2 heterocycles. The molecule has 128 valence electrons. The van der Waals surface area contributed by atoms with Crippen molar-refractivity contribution in [2.75, 3.05) is 6.61 Å². The standard InChI is InChI=1S/C15H14BrF2N3O3/c16-8-5-19-21(6-8)10-4-13(20-15(22)23)14(24-7-10)11-3-9(17)1-2-12(11)18/h1-3,5-6,10,13-14,20H,4,7H2,(H,22,23)/t10-,13+,14-/m1/s1. The SMILES string of the molecule is O=C(O)N[C@H]1C[C@@H](n2cc(Br)cn2)CO[C@@H]1c1cc(F)ccc1F. The van der Waals surface area contributed by atoms with Crippen LogP contribution >= 0.6 is 15.9 Å². The highest BCUT2D eigenvalue weighted by Gasteiger charge is 2.36. The molecular weight excluding hydrogens is 388 g/mol. The molecule has 0 radical (unpaired) electrons. The Hall–Kier alpha value is -2.00. The van der Waals surface area contributed by atoms with E-state index < -0.39 is 29.9 Å². The highest BCUT2D eigenvalue weighted by molar-refractivity contribution is 9.10. The lowest BCUT2D eigenvalue weighted by atomic mass is 9.93. The zero-order valence-corrected chi connectivity index (χ0v) is 13.9. The number of nitrogens with zero attached hydrogens (tertiary/aromatic N) is 2. The van der Waals surface area contributed by atoms with Crippen LogP contribution in [-0.2, 0) is 4.74 Å². The number of hydrogen-bond donors (Lipinski definition) is 2. The number of hydrogen-bond acceptors (Lipinski definition) is 3. The zero-order chi connectivity index (χ0) is 17.3. The number of carbonyl (C=O) groups is 1. The van der Waals surface area contributed by atoms with Gasteiger partial charge in [0.25, 0.3) is 0 Å². The van der Waals surface area contributed by atoms with Crippen LogP contribution in [-0.4, -0.2) is 33.6 Å². The Balaban J connectivity index is 1.87. The van der Waals surface area contributed by atoms with Crippen molar-refractivity contribution in [1.29, 1.82) is 0 Å². The highest BCUT2D eigenvalue weighted by atomic mass is 79.9. The molecule has 9 heteroatoms. The molecule has 0 aliphatic carbocycles. The summed E-state index contributed by atoms with van der Waals surface area (Å²) in [6, 6.07) is 2.08. The van der Waals surface area contributed by atoms with Gasteiger partial charge in [0.1, 0.15) is 17.7 Å². The van der Waals surface area contributed by atoms with Crippen LogP contribution in [0.15, 0.2) is 35.1 Å². The van der Waals surface area contributed by atoms with Crippen LogP contribution in [0.1, 0.15) is 24.1 Å². The summed E-state index contributed by atoms with van der Waals surface area (Å²) in [6.07, 6.45) is 1.52. The van der Waals surface area contributed by atoms with Gasteiger partial charge in [-0.25, -0.2) is 13.6 Å². The van der Waals surface area contributed by atoms with Gasteiger partial charge in [0.2, 0.25) is 0 Å². The van der Waals surface area contributed by atoms with Gasteiger partial charge in [0.15, 0.2) is 0 Å². The van der Waals surface area contributed by atoms with Gasteiger partial charge in [0, 0.05) is 11.8 Å². The molecular formula is C15H14BrF2N3O3. The quantitative estimate of drug-likeness (QED) is 0.827. The number of amides is 1. The van der Waals surface area contributed by atoms with Crippen LogP contribution in [0.2, 0.25) is 0 Å². The van der Waals surface area contributed by atoms with Crippen molar-refractivity contribution in [2.45, 2.75) is 24.6 Å². The summed E-state index contributed by atoms with van der Waals surface area (Å²) in [5, 5.41) is 15.5. The molecule has 0 spiro atoms. The van der Waals surface area contributed by atoms with Crippen LogP contribution in [0.5, 0.6) is 0 Å². The van der Waals surface area contributed by atoms with Gasteiger partial charge < -0.3 is 15.2 Å². The average Bonchev–Trinajstić information content (AvgIpc) is 2.96. The first-order chi connectivity index (χ1) is 11.4. The van der Waals surface area contributed by atoms with Crippen LogP contribution in [0, 0.1) is 11.6 Å². The fraction of sp³-hybridized carbons (Fsp3) is 0.333. The van der Waals surface area contributed by atoms with Crippen molar-refractivity contribution in [2.24, 2.45) is 0 Å². The first kappa shape index (κ1) is 16.8. The van der Waals surface area contributed by atoms with Gasteiger partial charge >= 0.3 is 6.09 Å². The highest BCUT2D eigenvalue weighted by Crippen LogP contribution is 2.34. The van der Waals surface area contributed by atoms with E-state index in [0.717, 1.165) is 22.7 Å². The predicted molar refractivity (Wildman–Crippen MR) is 83.6 cm³/mol. The molecule has 1 aliphatic heterocycles. The topological polar surface area (TPSA) is 76.4 Å². The molecule has 1 aromatic heterocycles. The second-order valence-corrected chi connectivity index (χ2v) is 6.42. The largest absolute Gasteiger partial charge is 0.465 e. The summed E-state index contributed by atoms with van der Waals surface area (Å²) in [5.41, 5.74) is -0.00570. The van der Waals surface area contributed by atoms with Crippen molar-refractivity contribution in [3.8, 4) is 0 Å². The number of ether oxygens (including phenoxy) is 1. The third kappa shape index (κ3) is 3.57. The molecule has 1 amide bonds. The lowest BCUT2D eigenvalue weighted by molar-refractivity contribution is -0.0397. The number of halogens is 3. The van der Waals surface area contributed by atoms with E-state index in [0.29, 0.717) is 6.42 Å². The number of aromatic nitrogens is 2. The summed E-state index contributed by atoms with van der Waals surface area (Å²) in [7, 11) is 0. The number of carboxylic acid groups (broad SMARTS) is 1. The van der Waals surface area contributed by atoms with Gasteiger partial charge in [-0.2, -0.15) is 5.10 Å². The van der Waals surface area contributed by atoms with E-state index in [-0.39, 0.29) is 18.2 Å². The lowest BCUT2D eigenvalue weighted by Gasteiger charge is -2.36. The van der Waals surface area contributed by atoms with Crippen LogP contribution in [0.3, 0.4) is 0 Å². The van der Waals surface area contributed by atoms with Crippen molar-refractivity contribution in [3.63, 3.8) is 0 Å². The molecule has 0 unspecified atom stereocenters. The molecule has 3 atom stereocenters. The van der Waals surface area contributed by atoms with Crippen molar-refractivity contribution in [3.05, 3.63) is 52.3 Å². The summed E-state index contributed by atoms with van der Waals surface area (Å²) in [6.45, 7) is 0.201. The van der Waals surface area contributed by atoms with E-state index in [9.17, 15) is 13.6 Å². The minimum absolute atomic E-state index is 0.00570. The van der Waals surface area contributed by atoms with E-state index in [1.54, 1.807) is 17.1 Å². The Morgan fingerprint density at radius 2 is 2.25 bits per heavy atom. The van der Waals surface area contributed by atoms with Crippen molar-refractivity contribution >= 4 is 22.0 Å². The Kier molecular flexibility index (Phi) is 4.81. The predicted octanol–water partition coefficient (Wildman–Crippen LogP) is 3.26. The molecule has 3 rings (SSSR count). The third-order valence-electron chi connectivity index (χ3n) is 3.88. The molecule has 1 fully saturated rings. The molecule has 1 saturated heterocycles. The van der Waals surface area contributed by atoms with E-state index in [2.05, 4.69) is 26.3 Å². The maximum atomic E-state index is 14.0. The molecule has 6 nitrogen and oxygen atoms in total. The van der Waals surface area contributed by atoms with Gasteiger partial charge in [-0.15, -0.1) is 0 Å². The smallest absolute Gasteiger partial charge is 0.404 e. The van der Waals surface area contributed by atoms with Crippen molar-refractivity contribution in [1.82, 2.24) is 15.1 Å². The van der Waals surface area contributed by atoms with Gasteiger partial charge in [-0.3, -0.25) is 4.68 Å². The average molecular weight is 402 g/mol. The molecule has 24 heavy (non-hydrogen) atoms. The fourth-order valence-corrected chi connectivity index (χ4v) is 3.15. The van der Waals surface area contributed by atoms with Crippen molar-refractivity contribution < 1.29 is 23.4 Å². The van der Waals surface area contributed by atoms with Gasteiger partial charge in [0.05, 0.1) is 29.4 Å². The van der Waals surface area contributed by atoms with Crippen LogP contribution < -0.4 is 5.32 Å². The molecule has 2 aromatic rings.